The molecule has 2 heterocycles. The summed E-state index contributed by atoms with van der Waals surface area (Å²) in [5, 5.41) is 13.0. The molecule has 0 amide bonds. The highest BCUT2D eigenvalue weighted by Crippen LogP contribution is 2.34. The Morgan fingerprint density at radius 3 is 2.55 bits per heavy atom. The summed E-state index contributed by atoms with van der Waals surface area (Å²) in [7, 11) is 0. The van der Waals surface area contributed by atoms with E-state index in [1.54, 1.807) is 0 Å². The number of rotatable bonds is 4. The number of thioether (sulfide) groups is 1. The standard InChI is InChI=1S/C15H29N3O2S.HI/c1-3-16-14(18-8-4-13(19)5-9-18)17-12-15(21-2)6-10-20-11-7-15;/h13,19H,3-12H2,1-2H3,(H,16,17);1H. The molecule has 0 aromatic carbocycles. The number of likely N-dealkylation sites (tertiary alicyclic amines) is 1. The minimum absolute atomic E-state index is 0. The summed E-state index contributed by atoms with van der Waals surface area (Å²) in [5.74, 6) is 1.00. The molecule has 0 aromatic rings. The molecule has 0 unspecified atom stereocenters. The molecule has 2 fully saturated rings. The number of nitrogens with one attached hydrogen (secondary N) is 1. The van der Waals surface area contributed by atoms with E-state index in [4.69, 9.17) is 9.73 Å². The van der Waals surface area contributed by atoms with Crippen LogP contribution in [-0.2, 0) is 4.74 Å². The highest BCUT2D eigenvalue weighted by molar-refractivity contribution is 14.0. The second-order valence-corrected chi connectivity index (χ2v) is 7.16. The Balaban J connectivity index is 0.00000242. The number of guanidine groups is 1. The number of piperidine rings is 1. The predicted octanol–water partition coefficient (Wildman–Crippen LogP) is 1.94. The van der Waals surface area contributed by atoms with Crippen LogP contribution in [0.1, 0.15) is 32.6 Å². The third-order valence-corrected chi connectivity index (χ3v) is 5.86. The molecule has 0 radical (unpaired) electrons. The Hall–Kier alpha value is 0.270. The van der Waals surface area contributed by atoms with E-state index in [2.05, 4.69) is 23.4 Å². The molecule has 2 saturated heterocycles. The summed E-state index contributed by atoms with van der Waals surface area (Å²) in [6.45, 7) is 7.32. The van der Waals surface area contributed by atoms with Crippen molar-refractivity contribution in [1.29, 1.82) is 0 Å². The van der Waals surface area contributed by atoms with Gasteiger partial charge in [-0.2, -0.15) is 11.8 Å². The zero-order chi connectivity index (χ0) is 15.1. The maximum atomic E-state index is 9.65. The van der Waals surface area contributed by atoms with Gasteiger partial charge in [0.2, 0.25) is 0 Å². The molecule has 0 saturated carbocycles. The van der Waals surface area contributed by atoms with Gasteiger partial charge in [0.1, 0.15) is 0 Å². The van der Waals surface area contributed by atoms with E-state index in [0.29, 0.717) is 0 Å². The number of hydrogen-bond acceptors (Lipinski definition) is 4. The summed E-state index contributed by atoms with van der Waals surface area (Å²) in [6.07, 6.45) is 5.88. The van der Waals surface area contributed by atoms with Crippen LogP contribution in [0.2, 0.25) is 0 Å². The van der Waals surface area contributed by atoms with Gasteiger partial charge in [0.05, 0.1) is 12.6 Å². The van der Waals surface area contributed by atoms with Crippen LogP contribution in [0.15, 0.2) is 4.99 Å². The van der Waals surface area contributed by atoms with E-state index in [1.807, 2.05) is 11.8 Å². The zero-order valence-corrected chi connectivity index (χ0v) is 16.9. The average molecular weight is 443 g/mol. The van der Waals surface area contributed by atoms with Crippen LogP contribution in [0.5, 0.6) is 0 Å². The smallest absolute Gasteiger partial charge is 0.193 e. The number of aliphatic imine (C=N–C) groups is 1. The predicted molar refractivity (Wildman–Crippen MR) is 105 cm³/mol. The average Bonchev–Trinajstić information content (AvgIpc) is 2.53. The maximum absolute atomic E-state index is 9.65. The number of aliphatic hydroxyl groups is 1. The van der Waals surface area contributed by atoms with Gasteiger partial charge >= 0.3 is 0 Å². The van der Waals surface area contributed by atoms with E-state index in [1.165, 1.54) is 0 Å². The van der Waals surface area contributed by atoms with Gasteiger partial charge < -0.3 is 20.1 Å². The van der Waals surface area contributed by atoms with Crippen molar-refractivity contribution in [1.82, 2.24) is 10.2 Å². The Kier molecular flexibility index (Phi) is 9.42. The van der Waals surface area contributed by atoms with Crippen LogP contribution >= 0.6 is 35.7 Å². The van der Waals surface area contributed by atoms with E-state index in [-0.39, 0.29) is 34.8 Å². The number of hydrogen-bond donors (Lipinski definition) is 2. The normalized spacial score (nSPS) is 23.0. The minimum Gasteiger partial charge on any atom is -0.393 e. The first-order valence-electron chi connectivity index (χ1n) is 8.03. The zero-order valence-electron chi connectivity index (χ0n) is 13.7. The van der Waals surface area contributed by atoms with Gasteiger partial charge in [0.25, 0.3) is 0 Å². The fraction of sp³-hybridized carbons (Fsp3) is 0.933. The molecule has 2 N–H and O–H groups in total. The van der Waals surface area contributed by atoms with Gasteiger partial charge in [0, 0.05) is 37.6 Å². The molecule has 0 bridgehead atoms. The van der Waals surface area contributed by atoms with Gasteiger partial charge in [-0.3, -0.25) is 4.99 Å². The van der Waals surface area contributed by atoms with Crippen LogP contribution in [0, 0.1) is 0 Å². The Bertz CT molecular complexity index is 344. The third kappa shape index (κ3) is 5.72. The number of nitrogens with zero attached hydrogens (tertiary/aromatic N) is 2. The van der Waals surface area contributed by atoms with Crippen molar-refractivity contribution < 1.29 is 9.84 Å². The Labute approximate surface area is 155 Å². The monoisotopic (exact) mass is 443 g/mol. The first-order chi connectivity index (χ1) is 10.2. The molecule has 0 aliphatic carbocycles. The fourth-order valence-corrected chi connectivity index (χ4v) is 3.66. The molecular weight excluding hydrogens is 413 g/mol. The Morgan fingerprint density at radius 2 is 2.00 bits per heavy atom. The fourth-order valence-electron chi connectivity index (χ4n) is 2.89. The molecule has 5 nitrogen and oxygen atoms in total. The molecule has 2 aliphatic heterocycles. The van der Waals surface area contributed by atoms with Crippen molar-refractivity contribution >= 4 is 41.7 Å². The van der Waals surface area contributed by atoms with Gasteiger partial charge in [-0.15, -0.1) is 24.0 Å². The second-order valence-electron chi connectivity index (χ2n) is 5.89. The first-order valence-corrected chi connectivity index (χ1v) is 9.26. The molecule has 0 aromatic heterocycles. The van der Waals surface area contributed by atoms with Crippen molar-refractivity contribution in [3.63, 3.8) is 0 Å². The maximum Gasteiger partial charge on any atom is 0.193 e. The number of aliphatic hydroxyl groups excluding tert-OH is 1. The molecule has 0 spiro atoms. The number of halogens is 1. The largest absolute Gasteiger partial charge is 0.393 e. The quantitative estimate of drug-likeness (QED) is 0.395. The summed E-state index contributed by atoms with van der Waals surface area (Å²) in [4.78, 5) is 7.18. The molecular formula is C15H30IN3O2S. The van der Waals surface area contributed by atoms with Crippen molar-refractivity contribution in [2.45, 2.75) is 43.5 Å². The summed E-state index contributed by atoms with van der Waals surface area (Å²) < 4.78 is 5.72. The van der Waals surface area contributed by atoms with Crippen LogP contribution in [0.3, 0.4) is 0 Å². The van der Waals surface area contributed by atoms with Gasteiger partial charge in [-0.05, 0) is 38.9 Å². The van der Waals surface area contributed by atoms with Crippen LogP contribution in [0.25, 0.3) is 0 Å². The lowest BCUT2D eigenvalue weighted by molar-refractivity contribution is 0.0791. The summed E-state index contributed by atoms with van der Waals surface area (Å²) in [5.41, 5.74) is 0. The second kappa shape index (κ2) is 10.2. The first kappa shape index (κ1) is 20.3. The molecule has 130 valence electrons. The number of ether oxygens (including phenoxy) is 1. The van der Waals surface area contributed by atoms with E-state index in [0.717, 1.165) is 71.0 Å². The van der Waals surface area contributed by atoms with Crippen LogP contribution < -0.4 is 5.32 Å². The van der Waals surface area contributed by atoms with Gasteiger partial charge in [-0.1, -0.05) is 0 Å². The lowest BCUT2D eigenvalue weighted by Gasteiger charge is -2.36. The molecule has 2 aliphatic rings. The van der Waals surface area contributed by atoms with Crippen LogP contribution in [0.4, 0.5) is 0 Å². The molecule has 22 heavy (non-hydrogen) atoms. The van der Waals surface area contributed by atoms with Crippen molar-refractivity contribution in [2.24, 2.45) is 4.99 Å². The highest BCUT2D eigenvalue weighted by atomic mass is 127. The van der Waals surface area contributed by atoms with Gasteiger partial charge in [-0.25, -0.2) is 0 Å². The summed E-state index contributed by atoms with van der Waals surface area (Å²) >= 11 is 1.93. The summed E-state index contributed by atoms with van der Waals surface area (Å²) in [6, 6.07) is 0. The van der Waals surface area contributed by atoms with Crippen LogP contribution in [-0.4, -0.2) is 72.5 Å². The van der Waals surface area contributed by atoms with E-state index >= 15 is 0 Å². The van der Waals surface area contributed by atoms with Gasteiger partial charge in [0.15, 0.2) is 5.96 Å². The Morgan fingerprint density at radius 1 is 1.36 bits per heavy atom. The lowest BCUT2D eigenvalue weighted by Crippen LogP contribution is -2.47. The minimum atomic E-state index is -0.142. The SMILES string of the molecule is CCNC(=NCC1(SC)CCOCC1)N1CCC(O)CC1.I. The molecule has 0 atom stereocenters. The topological polar surface area (TPSA) is 57.1 Å². The van der Waals surface area contributed by atoms with Crippen molar-refractivity contribution in [3.8, 4) is 0 Å². The molecule has 7 heteroatoms. The van der Waals surface area contributed by atoms with Crippen molar-refractivity contribution in [2.75, 3.05) is 45.6 Å². The molecule has 2 rings (SSSR count). The van der Waals surface area contributed by atoms with Crippen molar-refractivity contribution in [3.05, 3.63) is 0 Å². The van der Waals surface area contributed by atoms with E-state index < -0.39 is 0 Å². The van der Waals surface area contributed by atoms with E-state index in [9.17, 15) is 5.11 Å². The third-order valence-electron chi connectivity index (χ3n) is 4.45. The lowest BCUT2D eigenvalue weighted by atomic mass is 9.99. The highest BCUT2D eigenvalue weighted by Gasteiger charge is 2.32.